The Bertz CT molecular complexity index is 609. The first-order valence-corrected chi connectivity index (χ1v) is 7.32. The lowest BCUT2D eigenvalue weighted by molar-refractivity contribution is 0.133. The number of para-hydroxylation sites is 1. The number of hydrogen-bond donors (Lipinski definition) is 2. The average Bonchev–Trinajstić information content (AvgIpc) is 2.82. The van der Waals surface area contributed by atoms with E-state index in [9.17, 15) is 4.79 Å². The number of amides is 2. The number of nitrogens with one attached hydrogen (secondary N) is 2. The molecule has 2 aromatic rings. The molecule has 0 radical (unpaired) electrons. The lowest BCUT2D eigenvalue weighted by Crippen LogP contribution is -2.49. The summed E-state index contributed by atoms with van der Waals surface area (Å²) in [5, 5.41) is 4.11. The van der Waals surface area contributed by atoms with E-state index in [2.05, 4.69) is 24.1 Å². The van der Waals surface area contributed by atoms with Crippen LogP contribution in [-0.4, -0.2) is 28.0 Å². The number of anilines is 1. The summed E-state index contributed by atoms with van der Waals surface area (Å²) in [7, 11) is 0. The minimum Gasteiger partial charge on any atom is -0.359 e. The Morgan fingerprint density at radius 3 is 2.70 bits per heavy atom. The fourth-order valence-electron chi connectivity index (χ4n) is 3.18. The Kier molecular flexibility index (Phi) is 3.38. The summed E-state index contributed by atoms with van der Waals surface area (Å²) in [4.78, 5) is 17.7. The highest BCUT2D eigenvalue weighted by Gasteiger charge is 2.29. The van der Waals surface area contributed by atoms with E-state index in [1.807, 2.05) is 35.4 Å². The lowest BCUT2D eigenvalue weighted by Gasteiger charge is -2.38. The van der Waals surface area contributed by atoms with Crippen molar-refractivity contribution in [1.29, 1.82) is 0 Å². The van der Waals surface area contributed by atoms with Gasteiger partial charge in [0.05, 0.1) is 5.69 Å². The van der Waals surface area contributed by atoms with Gasteiger partial charge in [-0.05, 0) is 39.2 Å². The van der Waals surface area contributed by atoms with E-state index in [0.29, 0.717) is 12.1 Å². The normalized spacial score (nSPS) is 23.0. The van der Waals surface area contributed by atoms with Crippen molar-refractivity contribution < 1.29 is 4.79 Å². The number of aromatic amines is 1. The summed E-state index contributed by atoms with van der Waals surface area (Å²) in [5.41, 5.74) is 1.90. The van der Waals surface area contributed by atoms with E-state index in [1.54, 1.807) is 0 Å². The maximum Gasteiger partial charge on any atom is 0.322 e. The summed E-state index contributed by atoms with van der Waals surface area (Å²) < 4.78 is 0. The van der Waals surface area contributed by atoms with Crippen LogP contribution in [0.4, 0.5) is 10.5 Å². The van der Waals surface area contributed by atoms with E-state index in [0.717, 1.165) is 29.4 Å². The van der Waals surface area contributed by atoms with Crippen LogP contribution in [0.15, 0.2) is 30.5 Å². The van der Waals surface area contributed by atoms with Crippen molar-refractivity contribution in [3.8, 4) is 0 Å². The van der Waals surface area contributed by atoms with Gasteiger partial charge in [-0.1, -0.05) is 18.2 Å². The van der Waals surface area contributed by atoms with Crippen molar-refractivity contribution in [3.05, 3.63) is 30.5 Å². The van der Waals surface area contributed by atoms with E-state index < -0.39 is 0 Å². The van der Waals surface area contributed by atoms with Crippen molar-refractivity contribution in [1.82, 2.24) is 9.88 Å². The molecule has 2 N–H and O–H groups in total. The maximum absolute atomic E-state index is 12.5. The summed E-state index contributed by atoms with van der Waals surface area (Å²) in [6.07, 6.45) is 5.25. The maximum atomic E-state index is 12.5. The summed E-state index contributed by atoms with van der Waals surface area (Å²) in [5.74, 6) is 0. The van der Waals surface area contributed by atoms with Gasteiger partial charge in [0.1, 0.15) is 0 Å². The standard InChI is InChI=1S/C16H21N3O/c1-11-6-5-7-12(2)19(11)16(20)18-15-10-17-14-9-4-3-8-13(14)15/h3-4,8-12,17H,5-7H2,1-2H3,(H,18,20)/t11-,12-/m0/s1. The SMILES string of the molecule is C[C@H]1CCC[C@H](C)N1C(=O)Nc1c[nH]c2ccccc12. The first-order chi connectivity index (χ1) is 9.66. The zero-order valence-electron chi connectivity index (χ0n) is 12.0. The molecule has 1 aliphatic heterocycles. The highest BCUT2D eigenvalue weighted by Crippen LogP contribution is 2.26. The molecule has 1 aromatic carbocycles. The molecule has 1 aromatic heterocycles. The van der Waals surface area contributed by atoms with Crippen LogP contribution in [0.1, 0.15) is 33.1 Å². The Balaban J connectivity index is 1.81. The molecule has 4 nitrogen and oxygen atoms in total. The van der Waals surface area contributed by atoms with Crippen LogP contribution in [0.25, 0.3) is 10.9 Å². The van der Waals surface area contributed by atoms with Crippen LogP contribution in [-0.2, 0) is 0 Å². The van der Waals surface area contributed by atoms with Gasteiger partial charge in [-0.3, -0.25) is 0 Å². The van der Waals surface area contributed by atoms with Crippen molar-refractivity contribution in [2.75, 3.05) is 5.32 Å². The fraction of sp³-hybridized carbons (Fsp3) is 0.438. The molecule has 0 aliphatic carbocycles. The number of nitrogens with zero attached hydrogens (tertiary/aromatic N) is 1. The number of likely N-dealkylation sites (tertiary alicyclic amines) is 1. The second-order valence-corrected chi connectivity index (χ2v) is 5.71. The third kappa shape index (κ3) is 2.26. The molecule has 20 heavy (non-hydrogen) atoms. The molecule has 2 amide bonds. The number of benzene rings is 1. The number of H-pyrrole nitrogens is 1. The van der Waals surface area contributed by atoms with E-state index in [1.165, 1.54) is 6.42 Å². The quantitative estimate of drug-likeness (QED) is 0.810. The molecule has 2 heterocycles. The minimum absolute atomic E-state index is 0.00875. The summed E-state index contributed by atoms with van der Waals surface area (Å²) >= 11 is 0. The highest BCUT2D eigenvalue weighted by atomic mass is 16.2. The minimum atomic E-state index is 0.00875. The molecule has 1 aliphatic rings. The van der Waals surface area contributed by atoms with Gasteiger partial charge < -0.3 is 15.2 Å². The fourth-order valence-corrected chi connectivity index (χ4v) is 3.18. The number of fused-ring (bicyclic) bond motifs is 1. The van der Waals surface area contributed by atoms with Crippen LogP contribution in [0, 0.1) is 0 Å². The van der Waals surface area contributed by atoms with Crippen LogP contribution in [0.5, 0.6) is 0 Å². The molecule has 0 saturated carbocycles. The van der Waals surface area contributed by atoms with Gasteiger partial charge in [0.15, 0.2) is 0 Å². The zero-order valence-corrected chi connectivity index (χ0v) is 12.0. The number of rotatable bonds is 1. The third-order valence-corrected chi connectivity index (χ3v) is 4.26. The zero-order chi connectivity index (χ0) is 14.1. The molecule has 2 atom stereocenters. The largest absolute Gasteiger partial charge is 0.359 e. The number of hydrogen-bond acceptors (Lipinski definition) is 1. The molecular formula is C16H21N3O. The second-order valence-electron chi connectivity index (χ2n) is 5.71. The smallest absolute Gasteiger partial charge is 0.322 e. The predicted octanol–water partition coefficient (Wildman–Crippen LogP) is 3.96. The van der Waals surface area contributed by atoms with Crippen molar-refractivity contribution >= 4 is 22.6 Å². The third-order valence-electron chi connectivity index (χ3n) is 4.26. The molecule has 0 unspecified atom stereocenters. The van der Waals surface area contributed by atoms with Gasteiger partial charge in [-0.15, -0.1) is 0 Å². The van der Waals surface area contributed by atoms with Crippen LogP contribution < -0.4 is 5.32 Å². The Morgan fingerprint density at radius 2 is 1.95 bits per heavy atom. The van der Waals surface area contributed by atoms with Gasteiger partial charge in [0, 0.05) is 29.2 Å². The van der Waals surface area contributed by atoms with Crippen molar-refractivity contribution in [2.45, 2.75) is 45.2 Å². The predicted molar refractivity (Wildman–Crippen MR) is 81.9 cm³/mol. The van der Waals surface area contributed by atoms with Crippen molar-refractivity contribution in [3.63, 3.8) is 0 Å². The molecule has 0 bridgehead atoms. The average molecular weight is 271 g/mol. The highest BCUT2D eigenvalue weighted by molar-refractivity contribution is 6.01. The van der Waals surface area contributed by atoms with Gasteiger partial charge >= 0.3 is 6.03 Å². The Hall–Kier alpha value is -1.97. The van der Waals surface area contributed by atoms with Gasteiger partial charge in [0.2, 0.25) is 0 Å². The molecular weight excluding hydrogens is 250 g/mol. The van der Waals surface area contributed by atoms with Gasteiger partial charge in [-0.25, -0.2) is 4.79 Å². The lowest BCUT2D eigenvalue weighted by atomic mass is 9.98. The Morgan fingerprint density at radius 1 is 1.25 bits per heavy atom. The molecule has 3 rings (SSSR count). The van der Waals surface area contributed by atoms with Crippen molar-refractivity contribution in [2.24, 2.45) is 0 Å². The number of aromatic nitrogens is 1. The van der Waals surface area contributed by atoms with E-state index in [4.69, 9.17) is 0 Å². The molecule has 1 saturated heterocycles. The molecule has 4 heteroatoms. The molecule has 1 fully saturated rings. The number of piperidine rings is 1. The van der Waals surface area contributed by atoms with E-state index >= 15 is 0 Å². The number of carbonyl (C=O) groups excluding carboxylic acids is 1. The molecule has 106 valence electrons. The number of carbonyl (C=O) groups is 1. The summed E-state index contributed by atoms with van der Waals surface area (Å²) in [6, 6.07) is 8.63. The van der Waals surface area contributed by atoms with Crippen LogP contribution in [0.3, 0.4) is 0 Å². The van der Waals surface area contributed by atoms with Gasteiger partial charge in [0.25, 0.3) is 0 Å². The monoisotopic (exact) mass is 271 g/mol. The van der Waals surface area contributed by atoms with Crippen LogP contribution in [0.2, 0.25) is 0 Å². The first-order valence-electron chi connectivity index (χ1n) is 7.32. The number of urea groups is 1. The van der Waals surface area contributed by atoms with E-state index in [-0.39, 0.29) is 6.03 Å². The van der Waals surface area contributed by atoms with Gasteiger partial charge in [-0.2, -0.15) is 0 Å². The first kappa shape index (κ1) is 13.0. The second kappa shape index (κ2) is 5.19. The topological polar surface area (TPSA) is 48.1 Å². The summed E-state index contributed by atoms with van der Waals surface area (Å²) in [6.45, 7) is 4.26. The molecule has 0 spiro atoms. The Labute approximate surface area is 119 Å². The van der Waals surface area contributed by atoms with Crippen LogP contribution >= 0.6 is 0 Å².